The summed E-state index contributed by atoms with van der Waals surface area (Å²) in [6.45, 7) is 2.09. The average molecular weight is 294 g/mol. The fourth-order valence-electron chi connectivity index (χ4n) is 2.32. The molecule has 0 amide bonds. The zero-order valence-corrected chi connectivity index (χ0v) is 12.1. The van der Waals surface area contributed by atoms with Crippen LogP contribution in [0.25, 0.3) is 0 Å². The van der Waals surface area contributed by atoms with Crippen LogP contribution in [0.1, 0.15) is 41.4 Å². The highest BCUT2D eigenvalue weighted by molar-refractivity contribution is 7.15. The highest BCUT2D eigenvalue weighted by atomic mass is 32.1. The van der Waals surface area contributed by atoms with Crippen molar-refractivity contribution >= 4 is 33.8 Å². The van der Waals surface area contributed by atoms with Crippen molar-refractivity contribution in [2.45, 2.75) is 31.7 Å². The molecule has 0 bridgehead atoms. The number of aliphatic carboxylic acids is 1. The maximum absolute atomic E-state index is 11.1. The van der Waals surface area contributed by atoms with Crippen LogP contribution in [-0.4, -0.2) is 16.1 Å². The van der Waals surface area contributed by atoms with Gasteiger partial charge in [-0.25, -0.2) is 4.98 Å². The summed E-state index contributed by atoms with van der Waals surface area (Å²) in [4.78, 5) is 16.7. The standard InChI is InChI=1S/C13H14N2O2S2/c1-7(8-4-5-18-6-8)14-13-15-11-9(12(16)17)2-3-10(11)19-13/h4-7,9H,2-3H2,1H3,(H,14,15)(H,16,17). The minimum Gasteiger partial charge on any atom is -0.481 e. The second-order valence-electron chi connectivity index (χ2n) is 4.68. The quantitative estimate of drug-likeness (QED) is 0.906. The number of thiazole rings is 1. The summed E-state index contributed by atoms with van der Waals surface area (Å²) in [7, 11) is 0. The molecule has 19 heavy (non-hydrogen) atoms. The molecule has 2 heterocycles. The van der Waals surface area contributed by atoms with Crippen LogP contribution in [0.4, 0.5) is 5.13 Å². The zero-order chi connectivity index (χ0) is 13.4. The third-order valence-corrected chi connectivity index (χ3v) is 5.16. The van der Waals surface area contributed by atoms with Crippen LogP contribution in [0.3, 0.4) is 0 Å². The first-order chi connectivity index (χ1) is 9.15. The van der Waals surface area contributed by atoms with E-state index in [1.165, 1.54) is 5.56 Å². The Kier molecular flexibility index (Phi) is 3.28. The molecule has 0 radical (unpaired) electrons. The average Bonchev–Trinajstić information content (AvgIpc) is 3.03. The molecule has 2 aromatic rings. The predicted octanol–water partition coefficient (Wildman–Crippen LogP) is 3.49. The summed E-state index contributed by atoms with van der Waals surface area (Å²) in [5, 5.41) is 17.5. The fraction of sp³-hybridized carbons (Fsp3) is 0.385. The number of carboxylic acids is 1. The van der Waals surface area contributed by atoms with Gasteiger partial charge >= 0.3 is 5.97 Å². The first kappa shape index (κ1) is 12.6. The first-order valence-corrected chi connectivity index (χ1v) is 7.92. The van der Waals surface area contributed by atoms with Gasteiger partial charge in [0.1, 0.15) is 5.92 Å². The molecule has 0 spiro atoms. The predicted molar refractivity (Wildman–Crippen MR) is 77.2 cm³/mol. The third-order valence-electron chi connectivity index (χ3n) is 3.40. The van der Waals surface area contributed by atoms with Gasteiger partial charge in [-0.05, 0) is 42.2 Å². The number of fused-ring (bicyclic) bond motifs is 1. The van der Waals surface area contributed by atoms with Crippen LogP contribution in [-0.2, 0) is 11.2 Å². The molecule has 2 atom stereocenters. The van der Waals surface area contributed by atoms with Crippen molar-refractivity contribution in [1.29, 1.82) is 0 Å². The Labute approximate surface area is 119 Å². The molecule has 0 saturated carbocycles. The monoisotopic (exact) mass is 294 g/mol. The van der Waals surface area contributed by atoms with E-state index in [-0.39, 0.29) is 6.04 Å². The Balaban J connectivity index is 1.77. The van der Waals surface area contributed by atoms with Crippen LogP contribution >= 0.6 is 22.7 Å². The van der Waals surface area contributed by atoms with Gasteiger partial charge in [-0.3, -0.25) is 4.79 Å². The van der Waals surface area contributed by atoms with Gasteiger partial charge < -0.3 is 10.4 Å². The van der Waals surface area contributed by atoms with E-state index in [4.69, 9.17) is 5.11 Å². The fourth-order valence-corrected chi connectivity index (χ4v) is 4.20. The number of aromatic nitrogens is 1. The van der Waals surface area contributed by atoms with Crippen molar-refractivity contribution in [3.8, 4) is 0 Å². The number of hydrogen-bond donors (Lipinski definition) is 2. The van der Waals surface area contributed by atoms with Gasteiger partial charge in [-0.2, -0.15) is 11.3 Å². The number of hydrogen-bond acceptors (Lipinski definition) is 5. The molecule has 0 aromatic carbocycles. The Morgan fingerprint density at radius 1 is 1.63 bits per heavy atom. The van der Waals surface area contributed by atoms with Gasteiger partial charge in [0.15, 0.2) is 5.13 Å². The van der Waals surface area contributed by atoms with Gasteiger partial charge in [0, 0.05) is 4.88 Å². The molecular weight excluding hydrogens is 280 g/mol. The van der Waals surface area contributed by atoms with Crippen molar-refractivity contribution in [3.05, 3.63) is 33.0 Å². The van der Waals surface area contributed by atoms with Gasteiger partial charge in [0.05, 0.1) is 11.7 Å². The zero-order valence-electron chi connectivity index (χ0n) is 10.4. The summed E-state index contributed by atoms with van der Waals surface area (Å²) in [5.74, 6) is -1.18. The number of carbonyl (C=O) groups is 1. The van der Waals surface area contributed by atoms with Crippen molar-refractivity contribution < 1.29 is 9.90 Å². The number of rotatable bonds is 4. The lowest BCUT2D eigenvalue weighted by Crippen LogP contribution is -2.09. The Morgan fingerprint density at radius 3 is 3.16 bits per heavy atom. The molecule has 2 unspecified atom stereocenters. The summed E-state index contributed by atoms with van der Waals surface area (Å²) in [5.41, 5.74) is 1.99. The van der Waals surface area contributed by atoms with E-state index in [0.717, 1.165) is 22.1 Å². The Bertz CT molecular complexity index is 592. The maximum Gasteiger partial charge on any atom is 0.312 e. The molecule has 0 saturated heterocycles. The Morgan fingerprint density at radius 2 is 2.47 bits per heavy atom. The highest BCUT2D eigenvalue weighted by Gasteiger charge is 2.32. The second-order valence-corrected chi connectivity index (χ2v) is 6.54. The molecule has 0 fully saturated rings. The first-order valence-electron chi connectivity index (χ1n) is 6.16. The summed E-state index contributed by atoms with van der Waals surface area (Å²) in [6.07, 6.45) is 1.52. The van der Waals surface area contributed by atoms with Gasteiger partial charge in [-0.1, -0.05) is 0 Å². The molecule has 2 aromatic heterocycles. The summed E-state index contributed by atoms with van der Waals surface area (Å²) >= 11 is 3.26. The number of nitrogens with one attached hydrogen (secondary N) is 1. The number of aryl methyl sites for hydroxylation is 1. The molecule has 1 aliphatic rings. The van der Waals surface area contributed by atoms with E-state index in [9.17, 15) is 4.79 Å². The van der Waals surface area contributed by atoms with Gasteiger partial charge in [-0.15, -0.1) is 11.3 Å². The lowest BCUT2D eigenvalue weighted by Gasteiger charge is -2.11. The molecule has 100 valence electrons. The molecule has 4 nitrogen and oxygen atoms in total. The minimum absolute atomic E-state index is 0.195. The molecule has 3 rings (SSSR count). The molecule has 0 aliphatic heterocycles. The number of nitrogens with zero attached hydrogens (tertiary/aromatic N) is 1. The van der Waals surface area contributed by atoms with Crippen LogP contribution in [0.2, 0.25) is 0 Å². The molecule has 1 aliphatic carbocycles. The SMILES string of the molecule is CC(Nc1nc2c(s1)CCC2C(=O)O)c1ccsc1. The third kappa shape index (κ3) is 2.37. The van der Waals surface area contributed by atoms with Crippen LogP contribution in [0.5, 0.6) is 0 Å². The van der Waals surface area contributed by atoms with E-state index in [0.29, 0.717) is 6.42 Å². The van der Waals surface area contributed by atoms with Gasteiger partial charge in [0.25, 0.3) is 0 Å². The topological polar surface area (TPSA) is 62.2 Å². The maximum atomic E-state index is 11.1. The lowest BCUT2D eigenvalue weighted by molar-refractivity contribution is -0.138. The van der Waals surface area contributed by atoms with E-state index < -0.39 is 11.9 Å². The highest BCUT2D eigenvalue weighted by Crippen LogP contribution is 2.39. The van der Waals surface area contributed by atoms with E-state index in [1.54, 1.807) is 22.7 Å². The largest absolute Gasteiger partial charge is 0.481 e. The molecule has 2 N–H and O–H groups in total. The van der Waals surface area contributed by atoms with E-state index in [1.807, 2.05) is 0 Å². The lowest BCUT2D eigenvalue weighted by atomic mass is 10.1. The Hall–Kier alpha value is -1.40. The summed E-state index contributed by atoms with van der Waals surface area (Å²) in [6, 6.07) is 2.28. The van der Waals surface area contributed by atoms with E-state index >= 15 is 0 Å². The molecule has 6 heteroatoms. The smallest absolute Gasteiger partial charge is 0.312 e. The van der Waals surface area contributed by atoms with Crippen molar-refractivity contribution in [1.82, 2.24) is 4.98 Å². The number of anilines is 1. The summed E-state index contributed by atoms with van der Waals surface area (Å²) < 4.78 is 0. The minimum atomic E-state index is -0.763. The normalized spacial score (nSPS) is 19.1. The second kappa shape index (κ2) is 4.94. The van der Waals surface area contributed by atoms with Crippen LogP contribution < -0.4 is 5.32 Å². The van der Waals surface area contributed by atoms with Crippen molar-refractivity contribution in [2.24, 2.45) is 0 Å². The van der Waals surface area contributed by atoms with Crippen LogP contribution in [0.15, 0.2) is 16.8 Å². The van der Waals surface area contributed by atoms with Crippen LogP contribution in [0, 0.1) is 0 Å². The van der Waals surface area contributed by atoms with E-state index in [2.05, 4.69) is 34.1 Å². The number of thiophene rings is 1. The molecular formula is C13H14N2O2S2. The number of carboxylic acid groups (broad SMARTS) is 1. The van der Waals surface area contributed by atoms with Gasteiger partial charge in [0.2, 0.25) is 0 Å². The van der Waals surface area contributed by atoms with Crippen molar-refractivity contribution in [3.63, 3.8) is 0 Å². The van der Waals surface area contributed by atoms with Crippen molar-refractivity contribution in [2.75, 3.05) is 5.32 Å².